The summed E-state index contributed by atoms with van der Waals surface area (Å²) in [6, 6.07) is 5.66. The molecule has 0 aliphatic heterocycles. The second-order valence-electron chi connectivity index (χ2n) is 5.04. The number of carbonyl (C=O) groups is 1. The van der Waals surface area contributed by atoms with Crippen LogP contribution in [0.15, 0.2) is 35.9 Å². The molecule has 1 aromatic rings. The molecule has 0 fully saturated rings. The van der Waals surface area contributed by atoms with Crippen molar-refractivity contribution in [2.45, 2.75) is 38.7 Å². The number of benzene rings is 1. The van der Waals surface area contributed by atoms with Crippen LogP contribution in [0.3, 0.4) is 0 Å². The van der Waals surface area contributed by atoms with Gasteiger partial charge in [0.2, 0.25) is 0 Å². The lowest BCUT2D eigenvalue weighted by Gasteiger charge is -2.17. The van der Waals surface area contributed by atoms with Crippen LogP contribution in [0.2, 0.25) is 0 Å². The first-order valence-corrected chi connectivity index (χ1v) is 7.03. The van der Waals surface area contributed by atoms with Gasteiger partial charge in [0, 0.05) is 6.54 Å². The van der Waals surface area contributed by atoms with Gasteiger partial charge in [-0.2, -0.15) is 0 Å². The van der Waals surface area contributed by atoms with Gasteiger partial charge in [0.1, 0.15) is 11.6 Å². The average molecular weight is 277 g/mol. The van der Waals surface area contributed by atoms with E-state index in [1.54, 1.807) is 6.92 Å². The van der Waals surface area contributed by atoms with E-state index in [2.05, 4.69) is 11.4 Å². The number of carbonyl (C=O) groups excluding carboxylic acids is 1. The number of amides is 1. The van der Waals surface area contributed by atoms with Crippen LogP contribution in [-0.2, 0) is 4.79 Å². The molecule has 1 N–H and O–H groups in total. The van der Waals surface area contributed by atoms with Crippen LogP contribution >= 0.6 is 0 Å². The fourth-order valence-electron chi connectivity index (χ4n) is 2.18. The smallest absolute Gasteiger partial charge is 0.261 e. The molecule has 0 saturated carbocycles. The number of allylic oxidation sites excluding steroid dienone is 1. The second-order valence-corrected chi connectivity index (χ2v) is 5.04. The molecule has 4 heteroatoms. The van der Waals surface area contributed by atoms with Crippen molar-refractivity contribution in [3.63, 3.8) is 0 Å². The van der Waals surface area contributed by atoms with Crippen molar-refractivity contribution in [3.05, 3.63) is 41.7 Å². The van der Waals surface area contributed by atoms with Crippen molar-refractivity contribution in [2.75, 3.05) is 6.54 Å². The van der Waals surface area contributed by atoms with Crippen LogP contribution in [-0.4, -0.2) is 18.6 Å². The Labute approximate surface area is 118 Å². The van der Waals surface area contributed by atoms with Crippen LogP contribution in [0.1, 0.15) is 32.6 Å². The maximum atomic E-state index is 12.8. The van der Waals surface area contributed by atoms with Gasteiger partial charge in [0.15, 0.2) is 6.10 Å². The Bertz CT molecular complexity index is 482. The molecule has 0 saturated heterocycles. The fourth-order valence-corrected chi connectivity index (χ4v) is 2.18. The fraction of sp³-hybridized carbons (Fsp3) is 0.438. The summed E-state index contributed by atoms with van der Waals surface area (Å²) in [6.45, 7) is 2.28. The second kappa shape index (κ2) is 7.08. The van der Waals surface area contributed by atoms with Crippen molar-refractivity contribution in [1.82, 2.24) is 5.32 Å². The Morgan fingerprint density at radius 2 is 2.10 bits per heavy atom. The van der Waals surface area contributed by atoms with Gasteiger partial charge >= 0.3 is 0 Å². The van der Waals surface area contributed by atoms with Gasteiger partial charge in [-0.25, -0.2) is 4.39 Å². The monoisotopic (exact) mass is 277 g/mol. The number of rotatable bonds is 5. The van der Waals surface area contributed by atoms with Crippen molar-refractivity contribution in [3.8, 4) is 5.75 Å². The lowest BCUT2D eigenvalue weighted by molar-refractivity contribution is -0.127. The molecule has 0 heterocycles. The number of hydrogen-bond donors (Lipinski definition) is 1. The van der Waals surface area contributed by atoms with E-state index in [0.29, 0.717) is 12.3 Å². The summed E-state index contributed by atoms with van der Waals surface area (Å²) in [7, 11) is 0. The minimum Gasteiger partial charge on any atom is -0.481 e. The lowest BCUT2D eigenvalue weighted by Crippen LogP contribution is -2.37. The molecule has 1 unspecified atom stereocenters. The maximum absolute atomic E-state index is 12.8. The minimum atomic E-state index is -0.593. The predicted molar refractivity (Wildman–Crippen MR) is 76.1 cm³/mol. The van der Waals surface area contributed by atoms with E-state index < -0.39 is 6.10 Å². The average Bonchev–Trinajstić information content (AvgIpc) is 2.48. The molecular weight excluding hydrogens is 257 g/mol. The molecule has 2 rings (SSSR count). The van der Waals surface area contributed by atoms with Crippen LogP contribution in [0.5, 0.6) is 5.75 Å². The molecule has 0 aromatic heterocycles. The summed E-state index contributed by atoms with van der Waals surface area (Å²) in [6.07, 6.45) is 6.21. The summed E-state index contributed by atoms with van der Waals surface area (Å²) >= 11 is 0. The molecule has 20 heavy (non-hydrogen) atoms. The number of hydrogen-bond acceptors (Lipinski definition) is 2. The summed E-state index contributed by atoms with van der Waals surface area (Å²) in [5.41, 5.74) is 1.29. The van der Waals surface area contributed by atoms with Crippen LogP contribution in [0.25, 0.3) is 0 Å². The molecule has 1 aliphatic rings. The Balaban J connectivity index is 1.79. The Morgan fingerprint density at radius 3 is 2.75 bits per heavy atom. The zero-order chi connectivity index (χ0) is 14.4. The molecule has 1 amide bonds. The van der Waals surface area contributed by atoms with E-state index in [1.165, 1.54) is 42.7 Å². The highest BCUT2D eigenvalue weighted by Gasteiger charge is 2.15. The van der Waals surface area contributed by atoms with E-state index in [-0.39, 0.29) is 11.7 Å². The maximum Gasteiger partial charge on any atom is 0.261 e. The number of halogens is 1. The Morgan fingerprint density at radius 1 is 1.35 bits per heavy atom. The third-order valence-corrected chi connectivity index (χ3v) is 3.37. The van der Waals surface area contributed by atoms with E-state index in [1.807, 2.05) is 0 Å². The third-order valence-electron chi connectivity index (χ3n) is 3.37. The summed E-state index contributed by atoms with van der Waals surface area (Å²) < 4.78 is 18.2. The lowest BCUT2D eigenvalue weighted by atomic mass is 10.00. The largest absolute Gasteiger partial charge is 0.481 e. The van der Waals surface area contributed by atoms with Gasteiger partial charge in [-0.05, 0) is 56.9 Å². The molecule has 108 valence electrons. The molecule has 0 bridgehead atoms. The van der Waals surface area contributed by atoms with Gasteiger partial charge in [0.25, 0.3) is 5.91 Å². The summed E-state index contributed by atoms with van der Waals surface area (Å²) in [5, 5.41) is 2.88. The third kappa shape index (κ3) is 4.37. The Kier molecular flexibility index (Phi) is 5.16. The van der Waals surface area contributed by atoms with Gasteiger partial charge in [-0.15, -0.1) is 0 Å². The first kappa shape index (κ1) is 14.6. The molecule has 0 spiro atoms. The molecular formula is C16H20FNO2. The molecule has 1 aromatic carbocycles. The molecule has 3 nitrogen and oxygen atoms in total. The van der Waals surface area contributed by atoms with Gasteiger partial charge in [-0.1, -0.05) is 11.6 Å². The van der Waals surface area contributed by atoms with E-state index in [0.717, 1.165) is 12.8 Å². The van der Waals surface area contributed by atoms with Crippen LogP contribution in [0, 0.1) is 5.82 Å². The zero-order valence-corrected chi connectivity index (χ0v) is 11.7. The highest BCUT2D eigenvalue weighted by Crippen LogP contribution is 2.16. The van der Waals surface area contributed by atoms with Crippen LogP contribution < -0.4 is 10.1 Å². The first-order valence-electron chi connectivity index (χ1n) is 7.03. The standard InChI is InChI=1S/C16H20FNO2/c1-12(20-15-9-7-14(17)8-10-15)16(19)18-11-13-5-3-2-4-6-13/h5,7-10,12H,2-4,6,11H2,1H3,(H,18,19). The van der Waals surface area contributed by atoms with E-state index in [4.69, 9.17) is 4.74 Å². The molecule has 1 atom stereocenters. The highest BCUT2D eigenvalue weighted by molar-refractivity contribution is 5.80. The van der Waals surface area contributed by atoms with Crippen molar-refractivity contribution in [1.29, 1.82) is 0 Å². The van der Waals surface area contributed by atoms with Crippen molar-refractivity contribution in [2.24, 2.45) is 0 Å². The van der Waals surface area contributed by atoms with Gasteiger partial charge in [0.05, 0.1) is 0 Å². The van der Waals surface area contributed by atoms with Gasteiger partial charge < -0.3 is 10.1 Å². The normalized spacial score (nSPS) is 16.2. The first-order chi connectivity index (χ1) is 9.65. The summed E-state index contributed by atoms with van der Waals surface area (Å²) in [4.78, 5) is 11.9. The zero-order valence-electron chi connectivity index (χ0n) is 11.7. The number of nitrogens with one attached hydrogen (secondary N) is 1. The minimum absolute atomic E-state index is 0.152. The summed E-state index contributed by atoms with van der Waals surface area (Å²) in [5.74, 6) is 0.0189. The van der Waals surface area contributed by atoms with Crippen LogP contribution in [0.4, 0.5) is 4.39 Å². The topological polar surface area (TPSA) is 38.3 Å². The number of ether oxygens (including phenoxy) is 1. The SMILES string of the molecule is CC(Oc1ccc(F)cc1)C(=O)NCC1=CCCCC1. The molecule has 0 radical (unpaired) electrons. The quantitative estimate of drug-likeness (QED) is 0.839. The van der Waals surface area contributed by atoms with Gasteiger partial charge in [-0.3, -0.25) is 4.79 Å². The van der Waals surface area contributed by atoms with E-state index in [9.17, 15) is 9.18 Å². The Hall–Kier alpha value is -1.84. The predicted octanol–water partition coefficient (Wildman–Crippen LogP) is 3.21. The molecule has 1 aliphatic carbocycles. The van der Waals surface area contributed by atoms with Crippen molar-refractivity contribution < 1.29 is 13.9 Å². The van der Waals surface area contributed by atoms with Crippen molar-refractivity contribution >= 4 is 5.91 Å². The van der Waals surface area contributed by atoms with E-state index >= 15 is 0 Å². The highest BCUT2D eigenvalue weighted by atomic mass is 19.1.